The molecule has 0 spiro atoms. The Hall–Kier alpha value is -0.740. The first-order valence-electron chi connectivity index (χ1n) is 5.06. The summed E-state index contributed by atoms with van der Waals surface area (Å²) in [4.78, 5) is 0. The van der Waals surface area contributed by atoms with Crippen molar-refractivity contribution in [2.75, 3.05) is 0 Å². The van der Waals surface area contributed by atoms with Crippen LogP contribution in [0.3, 0.4) is 0 Å². The van der Waals surface area contributed by atoms with Gasteiger partial charge >= 0.3 is 0 Å². The average molecular weight is 178 g/mol. The lowest BCUT2D eigenvalue weighted by atomic mass is 9.87. The molecule has 1 aliphatic rings. The van der Waals surface area contributed by atoms with Gasteiger partial charge in [-0.1, -0.05) is 31.3 Å². The van der Waals surface area contributed by atoms with Crippen LogP contribution in [0.1, 0.15) is 39.0 Å². The standard InChI is InChI=1S/C12H18O/c1-3-12(13)10(2)9-11-7-5-4-6-8-11/h1,9,11-13H,4-8H2,2H3/b10-9+. The summed E-state index contributed by atoms with van der Waals surface area (Å²) in [6.07, 6.45) is 13.1. The predicted molar refractivity (Wildman–Crippen MR) is 55.2 cm³/mol. The molecule has 1 saturated carbocycles. The van der Waals surface area contributed by atoms with Crippen LogP contribution in [-0.2, 0) is 0 Å². The fraction of sp³-hybridized carbons (Fsp3) is 0.667. The van der Waals surface area contributed by atoms with E-state index in [0.717, 1.165) is 5.57 Å². The van der Waals surface area contributed by atoms with Crippen molar-refractivity contribution in [2.45, 2.75) is 45.1 Å². The lowest BCUT2D eigenvalue weighted by Gasteiger charge is -2.19. The zero-order chi connectivity index (χ0) is 9.68. The molecule has 13 heavy (non-hydrogen) atoms. The molecule has 0 heterocycles. The summed E-state index contributed by atoms with van der Waals surface area (Å²) in [6.45, 7) is 1.92. The Morgan fingerprint density at radius 1 is 1.46 bits per heavy atom. The van der Waals surface area contributed by atoms with Gasteiger partial charge in [-0.3, -0.25) is 0 Å². The first-order valence-corrected chi connectivity index (χ1v) is 5.06. The largest absolute Gasteiger partial charge is 0.376 e. The molecule has 0 aromatic carbocycles. The Kier molecular flexibility index (Phi) is 4.05. The van der Waals surface area contributed by atoms with Crippen molar-refractivity contribution in [3.05, 3.63) is 11.6 Å². The quantitative estimate of drug-likeness (QED) is 0.509. The second kappa shape index (κ2) is 5.09. The van der Waals surface area contributed by atoms with Crippen molar-refractivity contribution >= 4 is 0 Å². The van der Waals surface area contributed by atoms with E-state index in [1.165, 1.54) is 32.1 Å². The number of hydrogen-bond donors (Lipinski definition) is 1. The highest BCUT2D eigenvalue weighted by Crippen LogP contribution is 2.25. The van der Waals surface area contributed by atoms with Crippen LogP contribution in [-0.4, -0.2) is 11.2 Å². The van der Waals surface area contributed by atoms with E-state index >= 15 is 0 Å². The van der Waals surface area contributed by atoms with E-state index in [4.69, 9.17) is 6.42 Å². The maximum Gasteiger partial charge on any atom is 0.135 e. The van der Waals surface area contributed by atoms with Crippen LogP contribution in [0.5, 0.6) is 0 Å². The van der Waals surface area contributed by atoms with E-state index in [-0.39, 0.29) is 0 Å². The fourth-order valence-electron chi connectivity index (χ4n) is 1.90. The number of aliphatic hydroxyl groups is 1. The first-order chi connectivity index (χ1) is 6.24. The Bertz CT molecular complexity index is 216. The van der Waals surface area contributed by atoms with Crippen LogP contribution in [0.15, 0.2) is 11.6 Å². The van der Waals surface area contributed by atoms with Crippen molar-refractivity contribution < 1.29 is 5.11 Å². The highest BCUT2D eigenvalue weighted by molar-refractivity contribution is 5.17. The Balaban J connectivity index is 2.48. The molecule has 1 heteroatoms. The van der Waals surface area contributed by atoms with Gasteiger partial charge in [-0.25, -0.2) is 0 Å². The van der Waals surface area contributed by atoms with E-state index in [1.54, 1.807) is 0 Å². The predicted octanol–water partition coefficient (Wildman–Crippen LogP) is 2.51. The first kappa shape index (κ1) is 10.3. The molecule has 1 nitrogen and oxygen atoms in total. The van der Waals surface area contributed by atoms with Crippen molar-refractivity contribution in [1.82, 2.24) is 0 Å². The minimum Gasteiger partial charge on any atom is -0.376 e. The summed E-state index contributed by atoms with van der Waals surface area (Å²) < 4.78 is 0. The third kappa shape index (κ3) is 3.24. The lowest BCUT2D eigenvalue weighted by molar-refractivity contribution is 0.266. The van der Waals surface area contributed by atoms with Gasteiger partial charge in [0.05, 0.1) is 0 Å². The Labute approximate surface area is 80.9 Å². The molecule has 0 bridgehead atoms. The van der Waals surface area contributed by atoms with Crippen LogP contribution in [0, 0.1) is 18.3 Å². The van der Waals surface area contributed by atoms with Crippen LogP contribution in [0.2, 0.25) is 0 Å². The summed E-state index contributed by atoms with van der Waals surface area (Å²) >= 11 is 0. The van der Waals surface area contributed by atoms with Gasteiger partial charge in [-0.2, -0.15) is 0 Å². The van der Waals surface area contributed by atoms with Gasteiger partial charge in [0.2, 0.25) is 0 Å². The molecular weight excluding hydrogens is 160 g/mol. The van der Waals surface area contributed by atoms with E-state index in [2.05, 4.69) is 12.0 Å². The van der Waals surface area contributed by atoms with Gasteiger partial charge < -0.3 is 5.11 Å². The molecule has 1 unspecified atom stereocenters. The Morgan fingerprint density at radius 2 is 2.08 bits per heavy atom. The third-order valence-electron chi connectivity index (χ3n) is 2.74. The zero-order valence-electron chi connectivity index (χ0n) is 8.29. The maximum absolute atomic E-state index is 9.35. The van der Waals surface area contributed by atoms with E-state index in [9.17, 15) is 5.11 Å². The van der Waals surface area contributed by atoms with E-state index in [0.29, 0.717) is 5.92 Å². The number of rotatable bonds is 2. The topological polar surface area (TPSA) is 20.2 Å². The summed E-state index contributed by atoms with van der Waals surface area (Å²) in [5.41, 5.74) is 0.939. The summed E-state index contributed by atoms with van der Waals surface area (Å²) in [6, 6.07) is 0. The monoisotopic (exact) mass is 178 g/mol. The molecule has 1 N–H and O–H groups in total. The van der Waals surface area contributed by atoms with Crippen LogP contribution >= 0.6 is 0 Å². The van der Waals surface area contributed by atoms with Gasteiger partial charge in [0, 0.05) is 0 Å². The third-order valence-corrected chi connectivity index (χ3v) is 2.74. The number of aliphatic hydroxyl groups excluding tert-OH is 1. The molecule has 0 aromatic heterocycles. The highest BCUT2D eigenvalue weighted by atomic mass is 16.3. The molecule has 1 aliphatic carbocycles. The molecule has 0 radical (unpaired) electrons. The zero-order valence-corrected chi connectivity index (χ0v) is 8.29. The summed E-state index contributed by atoms with van der Waals surface area (Å²) in [5.74, 6) is 2.99. The average Bonchev–Trinajstić information content (AvgIpc) is 2.18. The van der Waals surface area contributed by atoms with Crippen LogP contribution < -0.4 is 0 Å². The number of allylic oxidation sites excluding steroid dienone is 1. The van der Waals surface area contributed by atoms with Gasteiger partial charge in [0.15, 0.2) is 0 Å². The summed E-state index contributed by atoms with van der Waals surface area (Å²) in [7, 11) is 0. The van der Waals surface area contributed by atoms with Crippen LogP contribution in [0.4, 0.5) is 0 Å². The molecule has 72 valence electrons. The summed E-state index contributed by atoms with van der Waals surface area (Å²) in [5, 5.41) is 9.35. The van der Waals surface area contributed by atoms with E-state index in [1.807, 2.05) is 6.92 Å². The van der Waals surface area contributed by atoms with Crippen LogP contribution in [0.25, 0.3) is 0 Å². The highest BCUT2D eigenvalue weighted by Gasteiger charge is 2.12. The molecule has 0 aromatic rings. The second-order valence-electron chi connectivity index (χ2n) is 3.88. The molecule has 1 rings (SSSR count). The Morgan fingerprint density at radius 3 is 2.62 bits per heavy atom. The molecule has 0 saturated heterocycles. The van der Waals surface area contributed by atoms with Gasteiger partial charge in [-0.15, -0.1) is 6.42 Å². The van der Waals surface area contributed by atoms with E-state index < -0.39 is 6.10 Å². The van der Waals surface area contributed by atoms with Crippen molar-refractivity contribution in [3.63, 3.8) is 0 Å². The van der Waals surface area contributed by atoms with Gasteiger partial charge in [0.25, 0.3) is 0 Å². The minimum atomic E-state index is -0.679. The smallest absolute Gasteiger partial charge is 0.135 e. The minimum absolute atomic E-state index is 0.650. The van der Waals surface area contributed by atoms with Gasteiger partial charge in [-0.05, 0) is 31.3 Å². The normalized spacial score (nSPS) is 22.4. The van der Waals surface area contributed by atoms with Crippen molar-refractivity contribution in [3.8, 4) is 12.3 Å². The molecule has 0 amide bonds. The molecular formula is C12H18O. The second-order valence-corrected chi connectivity index (χ2v) is 3.88. The lowest BCUT2D eigenvalue weighted by Crippen LogP contribution is -2.09. The molecule has 0 aliphatic heterocycles. The molecule has 1 fully saturated rings. The fourth-order valence-corrected chi connectivity index (χ4v) is 1.90. The number of terminal acetylenes is 1. The van der Waals surface area contributed by atoms with Crippen molar-refractivity contribution in [1.29, 1.82) is 0 Å². The van der Waals surface area contributed by atoms with Gasteiger partial charge in [0.1, 0.15) is 6.10 Å². The number of hydrogen-bond acceptors (Lipinski definition) is 1. The van der Waals surface area contributed by atoms with Crippen molar-refractivity contribution in [2.24, 2.45) is 5.92 Å². The molecule has 1 atom stereocenters. The maximum atomic E-state index is 9.35. The SMILES string of the molecule is C#CC(O)/C(C)=C/C1CCCCC1.